The van der Waals surface area contributed by atoms with Gasteiger partial charge in [0.1, 0.15) is 5.82 Å². The molecule has 0 amide bonds. The highest BCUT2D eigenvalue weighted by molar-refractivity contribution is 7.98. The van der Waals surface area contributed by atoms with Gasteiger partial charge < -0.3 is 4.57 Å². The van der Waals surface area contributed by atoms with Crippen molar-refractivity contribution in [1.29, 1.82) is 0 Å². The largest absolute Gasteiger partial charge is 0.327 e. The highest BCUT2D eigenvalue weighted by Gasteiger charge is 2.19. The molecule has 3 rings (SSSR count). The molecule has 0 atom stereocenters. The Morgan fingerprint density at radius 3 is 2.56 bits per heavy atom. The molecular formula is C20H25N3O2S2. The monoisotopic (exact) mass is 403 g/mol. The molecular weight excluding hydrogens is 378 g/mol. The minimum Gasteiger partial charge on any atom is -0.327 e. The van der Waals surface area contributed by atoms with Crippen molar-refractivity contribution in [2.75, 3.05) is 14.1 Å². The number of rotatable bonds is 7. The summed E-state index contributed by atoms with van der Waals surface area (Å²) in [7, 11) is -0.384. The molecule has 1 heterocycles. The summed E-state index contributed by atoms with van der Waals surface area (Å²) >= 11 is 1.76. The Bertz CT molecular complexity index is 1060. The van der Waals surface area contributed by atoms with E-state index in [2.05, 4.69) is 30.5 Å². The molecule has 2 aromatic carbocycles. The summed E-state index contributed by atoms with van der Waals surface area (Å²) in [5, 5.41) is 0. The van der Waals surface area contributed by atoms with Crippen molar-refractivity contribution in [2.24, 2.45) is 0 Å². The summed E-state index contributed by atoms with van der Waals surface area (Å²) in [6.07, 6.45) is 0.991. The second-order valence-corrected chi connectivity index (χ2v) is 9.84. The molecule has 0 N–H and O–H groups in total. The number of fused-ring (bicyclic) bond motifs is 1. The summed E-state index contributed by atoms with van der Waals surface area (Å²) in [5.41, 5.74) is 2.96. The molecule has 0 aliphatic heterocycles. The van der Waals surface area contributed by atoms with Crippen LogP contribution in [0.3, 0.4) is 0 Å². The number of nitrogens with zero attached hydrogens (tertiary/aromatic N) is 3. The van der Waals surface area contributed by atoms with Gasteiger partial charge in [-0.15, -0.1) is 11.8 Å². The van der Waals surface area contributed by atoms with Crippen LogP contribution >= 0.6 is 11.8 Å². The van der Waals surface area contributed by atoms with E-state index in [-0.39, 0.29) is 4.90 Å². The van der Waals surface area contributed by atoms with E-state index in [9.17, 15) is 8.42 Å². The fourth-order valence-electron chi connectivity index (χ4n) is 2.97. The second-order valence-electron chi connectivity index (χ2n) is 6.67. The summed E-state index contributed by atoms with van der Waals surface area (Å²) in [6.45, 7) is 5.10. The van der Waals surface area contributed by atoms with Crippen molar-refractivity contribution in [3.05, 3.63) is 53.9 Å². The first-order valence-electron chi connectivity index (χ1n) is 8.94. The third kappa shape index (κ3) is 4.05. The number of sulfonamides is 1. The molecule has 0 radical (unpaired) electrons. The zero-order valence-corrected chi connectivity index (χ0v) is 17.8. The molecule has 7 heteroatoms. The highest BCUT2D eigenvalue weighted by Crippen LogP contribution is 2.28. The van der Waals surface area contributed by atoms with Crippen molar-refractivity contribution >= 4 is 32.8 Å². The molecule has 0 fully saturated rings. The number of aryl methyl sites for hydroxylation is 2. The number of hydrogen-bond donors (Lipinski definition) is 0. The van der Waals surface area contributed by atoms with Gasteiger partial charge in [-0.2, -0.15) is 0 Å². The summed E-state index contributed by atoms with van der Waals surface area (Å²) in [4.78, 5) is 6.29. The standard InChI is InChI=1S/C20H25N3O2S2/c1-5-12-23-18-11-10-16(27(24,25)22(3)4)13-17(18)21-20(23)14-26-19-9-7-6-8-15(19)2/h6-11,13H,5,12,14H2,1-4H3. The maximum Gasteiger partial charge on any atom is 0.242 e. The number of aromatic nitrogens is 2. The lowest BCUT2D eigenvalue weighted by molar-refractivity contribution is 0.521. The van der Waals surface area contributed by atoms with Gasteiger partial charge in [-0.1, -0.05) is 25.1 Å². The van der Waals surface area contributed by atoms with Gasteiger partial charge in [0.25, 0.3) is 0 Å². The molecule has 3 aromatic rings. The van der Waals surface area contributed by atoms with Crippen LogP contribution in [0.4, 0.5) is 0 Å². The first-order chi connectivity index (χ1) is 12.8. The smallest absolute Gasteiger partial charge is 0.242 e. The van der Waals surface area contributed by atoms with Gasteiger partial charge in [0.05, 0.1) is 21.7 Å². The van der Waals surface area contributed by atoms with Gasteiger partial charge in [-0.25, -0.2) is 17.7 Å². The molecule has 0 spiro atoms. The van der Waals surface area contributed by atoms with Crippen LogP contribution in [0.25, 0.3) is 11.0 Å². The van der Waals surface area contributed by atoms with E-state index in [0.717, 1.165) is 35.6 Å². The fraction of sp³-hybridized carbons (Fsp3) is 0.350. The van der Waals surface area contributed by atoms with E-state index in [4.69, 9.17) is 4.98 Å². The zero-order valence-electron chi connectivity index (χ0n) is 16.1. The topological polar surface area (TPSA) is 55.2 Å². The predicted octanol–water partition coefficient (Wildman–Crippen LogP) is 4.30. The lowest BCUT2D eigenvalue weighted by Gasteiger charge is -2.11. The van der Waals surface area contributed by atoms with Gasteiger partial charge >= 0.3 is 0 Å². The Labute approximate surface area is 165 Å². The van der Waals surface area contributed by atoms with E-state index in [1.807, 2.05) is 18.2 Å². The Kier molecular flexibility index (Phi) is 5.93. The second kappa shape index (κ2) is 8.04. The third-order valence-corrected chi connectivity index (χ3v) is 7.46. The Hall–Kier alpha value is -1.83. The molecule has 144 valence electrons. The van der Waals surface area contributed by atoms with Crippen molar-refractivity contribution in [2.45, 2.75) is 42.4 Å². The first-order valence-corrected chi connectivity index (χ1v) is 11.4. The molecule has 5 nitrogen and oxygen atoms in total. The fourth-order valence-corrected chi connectivity index (χ4v) is 4.87. The van der Waals surface area contributed by atoms with E-state index < -0.39 is 10.0 Å². The Morgan fingerprint density at radius 1 is 1.15 bits per heavy atom. The summed E-state index contributed by atoms with van der Waals surface area (Å²) in [6, 6.07) is 13.5. The molecule has 1 aromatic heterocycles. The molecule has 27 heavy (non-hydrogen) atoms. The van der Waals surface area contributed by atoms with Crippen LogP contribution in [-0.2, 0) is 22.3 Å². The molecule has 0 bridgehead atoms. The van der Waals surface area contributed by atoms with Gasteiger partial charge in [0, 0.05) is 25.5 Å². The Morgan fingerprint density at radius 2 is 1.89 bits per heavy atom. The zero-order chi connectivity index (χ0) is 19.6. The van der Waals surface area contributed by atoms with Crippen LogP contribution in [0.1, 0.15) is 24.7 Å². The van der Waals surface area contributed by atoms with Crippen molar-refractivity contribution in [3.8, 4) is 0 Å². The van der Waals surface area contributed by atoms with Gasteiger partial charge in [0.2, 0.25) is 10.0 Å². The quantitative estimate of drug-likeness (QED) is 0.552. The molecule has 0 aliphatic carbocycles. The number of imidazole rings is 1. The molecule has 0 aliphatic rings. The predicted molar refractivity (Wildman–Crippen MR) is 112 cm³/mol. The minimum atomic E-state index is -3.47. The maximum atomic E-state index is 12.4. The minimum absolute atomic E-state index is 0.277. The van der Waals surface area contributed by atoms with E-state index in [0.29, 0.717) is 0 Å². The normalized spacial score (nSPS) is 12.2. The van der Waals surface area contributed by atoms with Crippen molar-refractivity contribution < 1.29 is 8.42 Å². The highest BCUT2D eigenvalue weighted by atomic mass is 32.2. The maximum absolute atomic E-state index is 12.4. The van der Waals surface area contributed by atoms with Gasteiger partial charge in [-0.3, -0.25) is 0 Å². The van der Waals surface area contributed by atoms with Gasteiger partial charge in [-0.05, 0) is 43.2 Å². The molecule has 0 saturated heterocycles. The number of hydrogen-bond acceptors (Lipinski definition) is 4. The van der Waals surface area contributed by atoms with Crippen LogP contribution in [-0.4, -0.2) is 36.4 Å². The van der Waals surface area contributed by atoms with Crippen molar-refractivity contribution in [3.63, 3.8) is 0 Å². The summed E-state index contributed by atoms with van der Waals surface area (Å²) < 4.78 is 28.3. The first kappa shape index (κ1) is 19.9. The van der Waals surface area contributed by atoms with E-state index in [1.165, 1.54) is 14.8 Å². The van der Waals surface area contributed by atoms with E-state index in [1.54, 1.807) is 38.0 Å². The van der Waals surface area contributed by atoms with Crippen LogP contribution < -0.4 is 0 Å². The van der Waals surface area contributed by atoms with E-state index >= 15 is 0 Å². The Balaban J connectivity index is 1.99. The summed E-state index contributed by atoms with van der Waals surface area (Å²) in [5.74, 6) is 1.72. The lowest BCUT2D eigenvalue weighted by atomic mass is 10.2. The van der Waals surface area contributed by atoms with Crippen LogP contribution in [0, 0.1) is 6.92 Å². The van der Waals surface area contributed by atoms with Crippen LogP contribution in [0.5, 0.6) is 0 Å². The number of benzene rings is 2. The van der Waals surface area contributed by atoms with Crippen LogP contribution in [0.15, 0.2) is 52.3 Å². The van der Waals surface area contributed by atoms with Crippen molar-refractivity contribution in [1.82, 2.24) is 13.9 Å². The lowest BCUT2D eigenvalue weighted by Crippen LogP contribution is -2.22. The van der Waals surface area contributed by atoms with Crippen LogP contribution in [0.2, 0.25) is 0 Å². The average molecular weight is 404 g/mol. The molecule has 0 unspecified atom stereocenters. The molecule has 0 saturated carbocycles. The average Bonchev–Trinajstić information content (AvgIpc) is 2.98. The van der Waals surface area contributed by atoms with Gasteiger partial charge in [0.15, 0.2) is 0 Å². The SMILES string of the molecule is CCCn1c(CSc2ccccc2C)nc2cc(S(=O)(=O)N(C)C)ccc21. The third-order valence-electron chi connectivity index (χ3n) is 4.47. The number of thioether (sulfide) groups is 1.